The molecule has 0 unspecified atom stereocenters. The summed E-state index contributed by atoms with van der Waals surface area (Å²) in [6, 6.07) is 6.26. The highest BCUT2D eigenvalue weighted by molar-refractivity contribution is 5.26. The number of hydrogen-bond acceptors (Lipinski definition) is 0. The lowest BCUT2D eigenvalue weighted by Gasteiger charge is -2.08. The fourth-order valence-electron chi connectivity index (χ4n) is 1.90. The second kappa shape index (κ2) is 5.79. The highest BCUT2D eigenvalue weighted by Crippen LogP contribution is 2.29. The average molecular weight is 304 g/mol. The van der Waals surface area contributed by atoms with E-state index < -0.39 is 29.2 Å². The van der Waals surface area contributed by atoms with Gasteiger partial charge in [-0.15, -0.1) is 0 Å². The first-order valence-corrected chi connectivity index (χ1v) is 6.07. The monoisotopic (exact) mass is 304 g/mol. The third kappa shape index (κ3) is 3.77. The van der Waals surface area contributed by atoms with Gasteiger partial charge in [0.2, 0.25) is 0 Å². The molecule has 0 aliphatic carbocycles. The molecule has 2 aromatic rings. The molecule has 0 N–H and O–H groups in total. The Morgan fingerprint density at radius 3 is 1.67 bits per heavy atom. The van der Waals surface area contributed by atoms with Crippen LogP contribution in [0.3, 0.4) is 0 Å². The van der Waals surface area contributed by atoms with Crippen molar-refractivity contribution in [3.63, 3.8) is 0 Å². The minimum absolute atomic E-state index is 0.194. The van der Waals surface area contributed by atoms with Crippen LogP contribution in [0.25, 0.3) is 0 Å². The van der Waals surface area contributed by atoms with E-state index in [4.69, 9.17) is 0 Å². The van der Waals surface area contributed by atoms with E-state index in [1.165, 1.54) is 12.1 Å². The number of halogens is 6. The van der Waals surface area contributed by atoms with Crippen molar-refractivity contribution in [2.75, 3.05) is 0 Å². The quantitative estimate of drug-likeness (QED) is 0.558. The minimum Gasteiger partial charge on any atom is -0.204 e. The Bertz CT molecular complexity index is 605. The van der Waals surface area contributed by atoms with E-state index in [9.17, 15) is 26.3 Å². The van der Waals surface area contributed by atoms with Crippen LogP contribution in [0.1, 0.15) is 16.7 Å². The number of alkyl halides is 3. The third-order valence-corrected chi connectivity index (χ3v) is 3.03. The van der Waals surface area contributed by atoms with Crippen LogP contribution in [0.15, 0.2) is 36.4 Å². The maximum absolute atomic E-state index is 13.0. The normalized spacial score (nSPS) is 11.7. The van der Waals surface area contributed by atoms with Crippen molar-refractivity contribution >= 4 is 0 Å². The van der Waals surface area contributed by atoms with Crippen molar-refractivity contribution in [1.82, 2.24) is 0 Å². The third-order valence-electron chi connectivity index (χ3n) is 3.03. The van der Waals surface area contributed by atoms with E-state index in [0.717, 1.165) is 24.3 Å². The SMILES string of the molecule is Fc1cc(CCc2ccc(C(F)(F)F)cc2)cc(F)c1F. The van der Waals surface area contributed by atoms with Crippen LogP contribution in [0.5, 0.6) is 0 Å². The molecule has 21 heavy (non-hydrogen) atoms. The first-order chi connectivity index (χ1) is 9.77. The molecule has 0 radical (unpaired) electrons. The van der Waals surface area contributed by atoms with Crippen molar-refractivity contribution in [2.24, 2.45) is 0 Å². The van der Waals surface area contributed by atoms with Crippen LogP contribution in [0, 0.1) is 17.5 Å². The smallest absolute Gasteiger partial charge is 0.204 e. The highest BCUT2D eigenvalue weighted by atomic mass is 19.4. The van der Waals surface area contributed by atoms with Gasteiger partial charge in [0.05, 0.1) is 5.56 Å². The lowest BCUT2D eigenvalue weighted by Crippen LogP contribution is -2.04. The zero-order chi connectivity index (χ0) is 15.6. The summed E-state index contributed by atoms with van der Waals surface area (Å²) in [5, 5.41) is 0. The van der Waals surface area contributed by atoms with Gasteiger partial charge in [-0.2, -0.15) is 13.2 Å². The van der Waals surface area contributed by atoms with E-state index in [1.54, 1.807) is 0 Å². The van der Waals surface area contributed by atoms with Gasteiger partial charge in [0.15, 0.2) is 17.5 Å². The van der Waals surface area contributed by atoms with Crippen LogP contribution in [0.2, 0.25) is 0 Å². The second-order valence-corrected chi connectivity index (χ2v) is 4.57. The van der Waals surface area contributed by atoms with Gasteiger partial charge in [0.25, 0.3) is 0 Å². The summed E-state index contributed by atoms with van der Waals surface area (Å²) in [4.78, 5) is 0. The first-order valence-electron chi connectivity index (χ1n) is 6.07. The van der Waals surface area contributed by atoms with Gasteiger partial charge in [-0.05, 0) is 48.2 Å². The van der Waals surface area contributed by atoms with Crippen LogP contribution in [-0.2, 0) is 19.0 Å². The number of benzene rings is 2. The Labute approximate surface area is 117 Å². The molecule has 0 fully saturated rings. The summed E-state index contributed by atoms with van der Waals surface area (Å²) in [6.45, 7) is 0. The molecule has 0 saturated heterocycles. The summed E-state index contributed by atoms with van der Waals surface area (Å²) in [7, 11) is 0. The van der Waals surface area contributed by atoms with Gasteiger partial charge in [-0.1, -0.05) is 12.1 Å². The summed E-state index contributed by atoms with van der Waals surface area (Å²) in [5.74, 6) is -4.09. The molecule has 0 saturated carbocycles. The Hall–Kier alpha value is -1.98. The maximum atomic E-state index is 13.0. The lowest BCUT2D eigenvalue weighted by molar-refractivity contribution is -0.137. The molecule has 0 aliphatic rings. The molecule has 0 aliphatic heterocycles. The summed E-state index contributed by atoms with van der Waals surface area (Å²) >= 11 is 0. The molecule has 0 heterocycles. The summed E-state index contributed by atoms with van der Waals surface area (Å²) < 4.78 is 75.9. The Morgan fingerprint density at radius 1 is 0.714 bits per heavy atom. The van der Waals surface area contributed by atoms with Gasteiger partial charge in [-0.3, -0.25) is 0 Å². The predicted octanol–water partition coefficient (Wildman–Crippen LogP) is 4.91. The fraction of sp³-hybridized carbons (Fsp3) is 0.200. The molecule has 0 bridgehead atoms. The molecular weight excluding hydrogens is 294 g/mol. The molecule has 0 nitrogen and oxygen atoms in total. The van der Waals surface area contributed by atoms with E-state index >= 15 is 0 Å². The Balaban J connectivity index is 2.07. The van der Waals surface area contributed by atoms with E-state index in [1.807, 2.05) is 0 Å². The Morgan fingerprint density at radius 2 is 1.19 bits per heavy atom. The van der Waals surface area contributed by atoms with Gasteiger partial charge >= 0.3 is 6.18 Å². The van der Waals surface area contributed by atoms with E-state index in [0.29, 0.717) is 12.0 Å². The maximum Gasteiger partial charge on any atom is 0.416 e. The molecule has 112 valence electrons. The Kier molecular flexibility index (Phi) is 4.25. The minimum atomic E-state index is -4.40. The molecule has 2 aromatic carbocycles. The number of rotatable bonds is 3. The zero-order valence-corrected chi connectivity index (χ0v) is 10.6. The standard InChI is InChI=1S/C15H10F6/c16-12-7-10(8-13(17)14(12)18)2-1-9-3-5-11(6-4-9)15(19,20)21/h3-8H,1-2H2. The van der Waals surface area contributed by atoms with Crippen LogP contribution < -0.4 is 0 Å². The van der Waals surface area contributed by atoms with Gasteiger partial charge in [0.1, 0.15) is 0 Å². The van der Waals surface area contributed by atoms with Crippen molar-refractivity contribution < 1.29 is 26.3 Å². The van der Waals surface area contributed by atoms with Crippen LogP contribution in [-0.4, -0.2) is 0 Å². The van der Waals surface area contributed by atoms with Crippen LogP contribution >= 0.6 is 0 Å². The van der Waals surface area contributed by atoms with Gasteiger partial charge in [-0.25, -0.2) is 13.2 Å². The largest absolute Gasteiger partial charge is 0.416 e. The molecule has 0 spiro atoms. The summed E-state index contributed by atoms with van der Waals surface area (Å²) in [5.41, 5.74) is 0.0737. The van der Waals surface area contributed by atoms with Crippen molar-refractivity contribution in [3.8, 4) is 0 Å². The lowest BCUT2D eigenvalue weighted by atomic mass is 10.0. The highest BCUT2D eigenvalue weighted by Gasteiger charge is 2.29. The number of hydrogen-bond donors (Lipinski definition) is 0. The van der Waals surface area contributed by atoms with Crippen LogP contribution in [0.4, 0.5) is 26.3 Å². The van der Waals surface area contributed by atoms with E-state index in [-0.39, 0.29) is 12.0 Å². The molecule has 0 amide bonds. The predicted molar refractivity (Wildman–Crippen MR) is 65.2 cm³/mol. The molecule has 6 heteroatoms. The molecular formula is C15H10F6. The fourth-order valence-corrected chi connectivity index (χ4v) is 1.90. The number of aryl methyl sites for hydroxylation is 2. The average Bonchev–Trinajstić information content (AvgIpc) is 2.42. The van der Waals surface area contributed by atoms with E-state index in [2.05, 4.69) is 0 Å². The second-order valence-electron chi connectivity index (χ2n) is 4.57. The van der Waals surface area contributed by atoms with Crippen molar-refractivity contribution in [1.29, 1.82) is 0 Å². The molecule has 2 rings (SSSR count). The van der Waals surface area contributed by atoms with Gasteiger partial charge in [0, 0.05) is 0 Å². The van der Waals surface area contributed by atoms with Crippen molar-refractivity contribution in [3.05, 3.63) is 70.5 Å². The first kappa shape index (κ1) is 15.4. The molecule has 0 atom stereocenters. The van der Waals surface area contributed by atoms with Gasteiger partial charge < -0.3 is 0 Å². The topological polar surface area (TPSA) is 0 Å². The van der Waals surface area contributed by atoms with Crippen molar-refractivity contribution in [2.45, 2.75) is 19.0 Å². The zero-order valence-electron chi connectivity index (χ0n) is 10.6. The molecule has 0 aromatic heterocycles. The summed E-state index contributed by atoms with van der Waals surface area (Å²) in [6.07, 6.45) is -3.91.